The fourth-order valence-electron chi connectivity index (χ4n) is 1.66. The van der Waals surface area contributed by atoms with E-state index >= 15 is 0 Å². The number of rotatable bonds is 5. The molecule has 1 amide bonds. The van der Waals surface area contributed by atoms with Gasteiger partial charge in [0.05, 0.1) is 11.7 Å². The Morgan fingerprint density at radius 2 is 2.17 bits per heavy atom. The van der Waals surface area contributed by atoms with Crippen LogP contribution in [-0.2, 0) is 0 Å². The zero-order valence-electron chi connectivity index (χ0n) is 10.6. The summed E-state index contributed by atoms with van der Waals surface area (Å²) in [5.41, 5.74) is 6.58. The molecule has 0 heterocycles. The summed E-state index contributed by atoms with van der Waals surface area (Å²) in [5.74, 6) is 0.129. The molecule has 0 radical (unpaired) electrons. The van der Waals surface area contributed by atoms with Crippen molar-refractivity contribution in [1.82, 2.24) is 5.32 Å². The Morgan fingerprint density at radius 1 is 1.50 bits per heavy atom. The van der Waals surface area contributed by atoms with Gasteiger partial charge in [0.25, 0.3) is 5.91 Å². The van der Waals surface area contributed by atoms with E-state index in [-0.39, 0.29) is 12.5 Å². The predicted molar refractivity (Wildman–Crippen MR) is 76.3 cm³/mol. The Balaban J connectivity index is 2.58. The van der Waals surface area contributed by atoms with Crippen LogP contribution in [0.3, 0.4) is 0 Å². The molecule has 0 saturated carbocycles. The lowest BCUT2D eigenvalue weighted by Gasteiger charge is -2.14. The molecule has 100 valence electrons. The number of hydrogen-bond donors (Lipinski definition) is 3. The van der Waals surface area contributed by atoms with Crippen molar-refractivity contribution in [2.45, 2.75) is 26.4 Å². The Labute approximate surface area is 116 Å². The summed E-state index contributed by atoms with van der Waals surface area (Å²) in [7, 11) is 0. The van der Waals surface area contributed by atoms with Crippen LogP contribution in [0.25, 0.3) is 0 Å². The van der Waals surface area contributed by atoms with E-state index < -0.39 is 6.10 Å². The number of anilines is 1. The topological polar surface area (TPSA) is 75.3 Å². The number of amides is 1. The summed E-state index contributed by atoms with van der Waals surface area (Å²) in [6.07, 6.45) is 0.135. The Kier molecular flexibility index (Phi) is 5.62. The highest BCUT2D eigenvalue weighted by Gasteiger charge is 2.12. The largest absolute Gasteiger partial charge is 0.398 e. The first-order valence-corrected chi connectivity index (χ1v) is 6.70. The first-order valence-electron chi connectivity index (χ1n) is 5.91. The summed E-state index contributed by atoms with van der Waals surface area (Å²) < 4.78 is 0.796. The molecule has 0 spiro atoms. The van der Waals surface area contributed by atoms with Crippen LogP contribution in [0.1, 0.15) is 30.6 Å². The fourth-order valence-corrected chi connectivity index (χ4v) is 2.02. The van der Waals surface area contributed by atoms with Crippen molar-refractivity contribution in [2.24, 2.45) is 5.92 Å². The zero-order valence-corrected chi connectivity index (χ0v) is 12.2. The monoisotopic (exact) mass is 314 g/mol. The van der Waals surface area contributed by atoms with Crippen LogP contribution in [0.2, 0.25) is 0 Å². The lowest BCUT2D eigenvalue weighted by atomic mass is 10.1. The molecule has 4 N–H and O–H groups in total. The highest BCUT2D eigenvalue weighted by molar-refractivity contribution is 9.10. The second-order valence-electron chi connectivity index (χ2n) is 4.72. The molecular weight excluding hydrogens is 296 g/mol. The van der Waals surface area contributed by atoms with E-state index in [0.29, 0.717) is 23.6 Å². The molecule has 1 aromatic rings. The third-order valence-electron chi connectivity index (χ3n) is 2.50. The van der Waals surface area contributed by atoms with Crippen LogP contribution in [0.4, 0.5) is 5.69 Å². The molecule has 0 aliphatic rings. The highest BCUT2D eigenvalue weighted by atomic mass is 79.9. The minimum atomic E-state index is -0.526. The maximum absolute atomic E-state index is 11.9. The molecule has 5 heteroatoms. The van der Waals surface area contributed by atoms with Gasteiger partial charge in [0.15, 0.2) is 0 Å². The minimum absolute atomic E-state index is 0.239. The second-order valence-corrected chi connectivity index (χ2v) is 5.64. The molecule has 1 unspecified atom stereocenters. The maximum Gasteiger partial charge on any atom is 0.253 e. The van der Waals surface area contributed by atoms with Crippen LogP contribution >= 0.6 is 15.9 Å². The van der Waals surface area contributed by atoms with Gasteiger partial charge in [-0.25, -0.2) is 0 Å². The van der Waals surface area contributed by atoms with Crippen LogP contribution in [0, 0.1) is 5.92 Å². The van der Waals surface area contributed by atoms with Gasteiger partial charge in [-0.3, -0.25) is 4.79 Å². The summed E-state index contributed by atoms with van der Waals surface area (Å²) in [6, 6.07) is 5.11. The van der Waals surface area contributed by atoms with Gasteiger partial charge in [0.2, 0.25) is 0 Å². The van der Waals surface area contributed by atoms with E-state index in [1.54, 1.807) is 18.2 Å². The van der Waals surface area contributed by atoms with Crippen LogP contribution < -0.4 is 11.1 Å². The second kappa shape index (κ2) is 6.75. The van der Waals surface area contributed by atoms with Crippen molar-refractivity contribution in [3.05, 3.63) is 28.2 Å². The van der Waals surface area contributed by atoms with Gasteiger partial charge < -0.3 is 16.2 Å². The van der Waals surface area contributed by atoms with Crippen LogP contribution in [0.5, 0.6) is 0 Å². The lowest BCUT2D eigenvalue weighted by Crippen LogP contribution is -2.33. The van der Waals surface area contributed by atoms with Crippen LogP contribution in [-0.4, -0.2) is 23.7 Å². The van der Waals surface area contributed by atoms with Gasteiger partial charge in [-0.1, -0.05) is 29.8 Å². The van der Waals surface area contributed by atoms with Gasteiger partial charge in [-0.2, -0.15) is 0 Å². The molecule has 1 rings (SSSR count). The summed E-state index contributed by atoms with van der Waals surface area (Å²) >= 11 is 3.29. The predicted octanol–water partition coefficient (Wildman–Crippen LogP) is 2.17. The van der Waals surface area contributed by atoms with E-state index in [9.17, 15) is 9.90 Å². The number of carbonyl (C=O) groups excluding carboxylic acids is 1. The normalized spacial score (nSPS) is 12.5. The van der Waals surface area contributed by atoms with Gasteiger partial charge in [-0.05, 0) is 30.5 Å². The summed E-state index contributed by atoms with van der Waals surface area (Å²) in [6.45, 7) is 4.29. The number of nitrogens with two attached hydrogens (primary N) is 1. The number of carbonyl (C=O) groups is 1. The molecule has 1 atom stereocenters. The first-order chi connectivity index (χ1) is 8.40. The van der Waals surface area contributed by atoms with Gasteiger partial charge >= 0.3 is 0 Å². The molecule has 0 aromatic heterocycles. The first kappa shape index (κ1) is 15.0. The molecule has 1 aromatic carbocycles. The van der Waals surface area contributed by atoms with Gasteiger partial charge in [0, 0.05) is 16.7 Å². The maximum atomic E-state index is 11.9. The van der Waals surface area contributed by atoms with Crippen molar-refractivity contribution in [3.8, 4) is 0 Å². The molecule has 0 aliphatic carbocycles. The SMILES string of the molecule is CC(C)CC(O)CNC(=O)c1cc(Br)ccc1N. The van der Waals surface area contributed by atoms with E-state index in [1.807, 2.05) is 13.8 Å². The number of hydrogen-bond acceptors (Lipinski definition) is 3. The molecule has 18 heavy (non-hydrogen) atoms. The van der Waals surface area contributed by atoms with Crippen molar-refractivity contribution in [3.63, 3.8) is 0 Å². The number of aliphatic hydroxyl groups excluding tert-OH is 1. The number of aliphatic hydroxyl groups is 1. The highest BCUT2D eigenvalue weighted by Crippen LogP contribution is 2.18. The molecule has 4 nitrogen and oxygen atoms in total. The number of nitrogens with one attached hydrogen (secondary N) is 1. The average Bonchev–Trinajstić information content (AvgIpc) is 2.28. The Bertz CT molecular complexity index is 421. The van der Waals surface area contributed by atoms with Gasteiger partial charge in [0.1, 0.15) is 0 Å². The van der Waals surface area contributed by atoms with Crippen molar-refractivity contribution in [2.75, 3.05) is 12.3 Å². The number of halogens is 1. The molecular formula is C13H19BrN2O2. The summed E-state index contributed by atoms with van der Waals surface area (Å²) in [4.78, 5) is 11.9. The summed E-state index contributed by atoms with van der Waals surface area (Å²) in [5, 5.41) is 12.4. The van der Waals surface area contributed by atoms with E-state index in [0.717, 1.165) is 4.47 Å². The van der Waals surface area contributed by atoms with E-state index in [1.165, 1.54) is 0 Å². The Morgan fingerprint density at radius 3 is 2.78 bits per heavy atom. The average molecular weight is 315 g/mol. The van der Waals surface area contributed by atoms with E-state index in [4.69, 9.17) is 5.73 Å². The molecule has 0 bridgehead atoms. The van der Waals surface area contributed by atoms with Crippen LogP contribution in [0.15, 0.2) is 22.7 Å². The standard InChI is InChI=1S/C13H19BrN2O2/c1-8(2)5-10(17)7-16-13(18)11-6-9(14)3-4-12(11)15/h3-4,6,8,10,17H,5,7,15H2,1-2H3,(H,16,18). The number of benzene rings is 1. The third-order valence-corrected chi connectivity index (χ3v) is 2.99. The molecule has 0 fully saturated rings. The molecule has 0 aliphatic heterocycles. The van der Waals surface area contributed by atoms with Crippen molar-refractivity contribution >= 4 is 27.5 Å². The molecule has 0 saturated heterocycles. The lowest BCUT2D eigenvalue weighted by molar-refractivity contribution is 0.0901. The Hall–Kier alpha value is -1.07. The van der Waals surface area contributed by atoms with Crippen molar-refractivity contribution < 1.29 is 9.90 Å². The van der Waals surface area contributed by atoms with E-state index in [2.05, 4.69) is 21.2 Å². The third kappa shape index (κ3) is 4.66. The zero-order chi connectivity index (χ0) is 13.7. The fraction of sp³-hybridized carbons (Fsp3) is 0.462. The smallest absolute Gasteiger partial charge is 0.253 e. The minimum Gasteiger partial charge on any atom is -0.398 e. The number of nitrogen functional groups attached to an aromatic ring is 1. The van der Waals surface area contributed by atoms with Crippen molar-refractivity contribution in [1.29, 1.82) is 0 Å². The van der Waals surface area contributed by atoms with Gasteiger partial charge in [-0.15, -0.1) is 0 Å². The quantitative estimate of drug-likeness (QED) is 0.729.